The van der Waals surface area contributed by atoms with Gasteiger partial charge in [0.1, 0.15) is 5.75 Å². The van der Waals surface area contributed by atoms with Gasteiger partial charge in [-0.1, -0.05) is 48.5 Å². The van der Waals surface area contributed by atoms with Crippen LogP contribution in [0, 0.1) is 0 Å². The first-order valence-corrected chi connectivity index (χ1v) is 9.04. The van der Waals surface area contributed by atoms with E-state index in [2.05, 4.69) is 34.5 Å². The van der Waals surface area contributed by atoms with E-state index in [9.17, 15) is 4.79 Å². The Bertz CT molecular complexity index is 639. The summed E-state index contributed by atoms with van der Waals surface area (Å²) in [5.74, 6) is 0.652. The number of ether oxygens (including phenoxy) is 1. The zero-order valence-corrected chi connectivity index (χ0v) is 14.6. The minimum atomic E-state index is -0.0684. The molecule has 2 aromatic carbocycles. The van der Waals surface area contributed by atoms with Crippen LogP contribution in [0.15, 0.2) is 60.7 Å². The van der Waals surface area contributed by atoms with E-state index in [1.54, 1.807) is 0 Å². The third kappa shape index (κ3) is 5.61. The van der Waals surface area contributed by atoms with Crippen molar-refractivity contribution < 1.29 is 9.53 Å². The van der Waals surface area contributed by atoms with Crippen molar-refractivity contribution in [3.63, 3.8) is 0 Å². The summed E-state index contributed by atoms with van der Waals surface area (Å²) in [5, 5.41) is 3.04. The van der Waals surface area contributed by atoms with E-state index in [0.29, 0.717) is 12.6 Å². The highest BCUT2D eigenvalue weighted by Crippen LogP contribution is 2.15. The Balaban J connectivity index is 1.50. The molecule has 1 saturated heterocycles. The maximum atomic E-state index is 12.1. The van der Waals surface area contributed by atoms with E-state index in [0.717, 1.165) is 25.3 Å². The minimum Gasteiger partial charge on any atom is -0.484 e. The van der Waals surface area contributed by atoms with Crippen molar-refractivity contribution in [1.29, 1.82) is 0 Å². The molecule has 132 valence electrons. The molecule has 1 aliphatic rings. The molecule has 0 saturated carbocycles. The van der Waals surface area contributed by atoms with E-state index in [1.807, 2.05) is 36.4 Å². The van der Waals surface area contributed by atoms with Crippen LogP contribution >= 0.6 is 0 Å². The van der Waals surface area contributed by atoms with Gasteiger partial charge in [-0.25, -0.2) is 0 Å². The monoisotopic (exact) mass is 338 g/mol. The first-order chi connectivity index (χ1) is 12.3. The molecular formula is C21H26N2O2. The molecule has 1 aliphatic heterocycles. The predicted molar refractivity (Wildman–Crippen MR) is 99.7 cm³/mol. The number of amides is 1. The number of nitrogens with zero attached hydrogens (tertiary/aromatic N) is 1. The Morgan fingerprint density at radius 3 is 2.32 bits per heavy atom. The average Bonchev–Trinajstić information content (AvgIpc) is 3.20. The van der Waals surface area contributed by atoms with Crippen LogP contribution in [-0.4, -0.2) is 43.1 Å². The summed E-state index contributed by atoms with van der Waals surface area (Å²) in [6, 6.07) is 20.3. The normalized spacial score (nSPS) is 15.7. The SMILES string of the molecule is O=C(COc1ccccc1)NCC(Cc1ccccc1)N1CCCC1. The van der Waals surface area contributed by atoms with Crippen molar-refractivity contribution in [2.24, 2.45) is 0 Å². The molecule has 1 atom stereocenters. The molecule has 1 amide bonds. The molecule has 2 aromatic rings. The number of hydrogen-bond acceptors (Lipinski definition) is 3. The van der Waals surface area contributed by atoms with Gasteiger partial charge in [-0.3, -0.25) is 9.69 Å². The second-order valence-corrected chi connectivity index (χ2v) is 6.49. The second kappa shape index (κ2) is 9.23. The Hall–Kier alpha value is -2.33. The number of carbonyl (C=O) groups is 1. The molecule has 0 bridgehead atoms. The molecule has 3 rings (SSSR count). The zero-order valence-electron chi connectivity index (χ0n) is 14.6. The molecule has 0 aliphatic carbocycles. The second-order valence-electron chi connectivity index (χ2n) is 6.49. The Labute approximate surface area is 149 Å². The molecule has 0 aromatic heterocycles. The largest absolute Gasteiger partial charge is 0.484 e. The lowest BCUT2D eigenvalue weighted by Crippen LogP contribution is -2.45. The third-order valence-corrected chi connectivity index (χ3v) is 4.62. The summed E-state index contributed by atoms with van der Waals surface area (Å²) in [6.45, 7) is 2.95. The number of nitrogens with one attached hydrogen (secondary N) is 1. The van der Waals surface area contributed by atoms with E-state index in [1.165, 1.54) is 18.4 Å². The van der Waals surface area contributed by atoms with Gasteiger partial charge in [-0.2, -0.15) is 0 Å². The molecule has 1 N–H and O–H groups in total. The van der Waals surface area contributed by atoms with Gasteiger partial charge >= 0.3 is 0 Å². The maximum Gasteiger partial charge on any atom is 0.257 e. The zero-order chi connectivity index (χ0) is 17.3. The standard InChI is InChI=1S/C21H26N2O2/c24-21(17-25-20-11-5-2-6-12-20)22-16-19(23-13-7-8-14-23)15-18-9-3-1-4-10-18/h1-6,9-12,19H,7-8,13-17H2,(H,22,24). The van der Waals surface area contributed by atoms with E-state index < -0.39 is 0 Å². The topological polar surface area (TPSA) is 41.6 Å². The van der Waals surface area contributed by atoms with Crippen LogP contribution in [0.1, 0.15) is 18.4 Å². The lowest BCUT2D eigenvalue weighted by Gasteiger charge is -2.28. The number of carbonyl (C=O) groups excluding carboxylic acids is 1. The molecular weight excluding hydrogens is 312 g/mol. The predicted octanol–water partition coefficient (Wildman–Crippen LogP) is 2.89. The fraction of sp³-hybridized carbons (Fsp3) is 0.381. The molecule has 4 heteroatoms. The van der Waals surface area contributed by atoms with Crippen molar-refractivity contribution in [1.82, 2.24) is 10.2 Å². The summed E-state index contributed by atoms with van der Waals surface area (Å²) < 4.78 is 5.52. The van der Waals surface area contributed by atoms with Crippen molar-refractivity contribution in [3.05, 3.63) is 66.2 Å². The van der Waals surface area contributed by atoms with Gasteiger partial charge in [0.15, 0.2) is 6.61 Å². The number of hydrogen-bond donors (Lipinski definition) is 1. The third-order valence-electron chi connectivity index (χ3n) is 4.62. The van der Waals surface area contributed by atoms with Gasteiger partial charge in [-0.05, 0) is 50.0 Å². The summed E-state index contributed by atoms with van der Waals surface area (Å²) in [7, 11) is 0. The Morgan fingerprint density at radius 1 is 1.00 bits per heavy atom. The van der Waals surface area contributed by atoms with Crippen molar-refractivity contribution >= 4 is 5.91 Å². The fourth-order valence-electron chi connectivity index (χ4n) is 3.27. The van der Waals surface area contributed by atoms with Gasteiger partial charge in [0.2, 0.25) is 0 Å². The van der Waals surface area contributed by atoms with Gasteiger partial charge in [0.25, 0.3) is 5.91 Å². The molecule has 1 heterocycles. The molecule has 1 fully saturated rings. The van der Waals surface area contributed by atoms with E-state index in [4.69, 9.17) is 4.74 Å². The van der Waals surface area contributed by atoms with Crippen molar-refractivity contribution in [2.75, 3.05) is 26.2 Å². The van der Waals surface area contributed by atoms with Gasteiger partial charge < -0.3 is 10.1 Å². The first-order valence-electron chi connectivity index (χ1n) is 9.04. The van der Waals surface area contributed by atoms with E-state index >= 15 is 0 Å². The van der Waals surface area contributed by atoms with Crippen LogP contribution in [0.4, 0.5) is 0 Å². The number of para-hydroxylation sites is 1. The summed E-state index contributed by atoms with van der Waals surface area (Å²) >= 11 is 0. The fourth-order valence-corrected chi connectivity index (χ4v) is 3.27. The van der Waals surface area contributed by atoms with Crippen LogP contribution in [0.5, 0.6) is 5.75 Å². The van der Waals surface area contributed by atoms with Crippen molar-refractivity contribution in [2.45, 2.75) is 25.3 Å². The lowest BCUT2D eigenvalue weighted by molar-refractivity contribution is -0.123. The number of likely N-dealkylation sites (tertiary alicyclic amines) is 1. The smallest absolute Gasteiger partial charge is 0.257 e. The summed E-state index contributed by atoms with van der Waals surface area (Å²) in [4.78, 5) is 14.6. The molecule has 1 unspecified atom stereocenters. The maximum absolute atomic E-state index is 12.1. The van der Waals surface area contributed by atoms with Crippen LogP contribution < -0.4 is 10.1 Å². The molecule has 4 nitrogen and oxygen atoms in total. The summed E-state index contributed by atoms with van der Waals surface area (Å²) in [6.07, 6.45) is 3.45. The van der Waals surface area contributed by atoms with E-state index in [-0.39, 0.29) is 12.5 Å². The molecule has 25 heavy (non-hydrogen) atoms. The number of benzene rings is 2. The van der Waals surface area contributed by atoms with Gasteiger partial charge in [0, 0.05) is 12.6 Å². The average molecular weight is 338 g/mol. The molecule has 0 spiro atoms. The highest BCUT2D eigenvalue weighted by atomic mass is 16.5. The van der Waals surface area contributed by atoms with Crippen LogP contribution in [-0.2, 0) is 11.2 Å². The highest BCUT2D eigenvalue weighted by molar-refractivity contribution is 5.77. The summed E-state index contributed by atoms with van der Waals surface area (Å²) in [5.41, 5.74) is 1.31. The van der Waals surface area contributed by atoms with Gasteiger partial charge in [0.05, 0.1) is 0 Å². The minimum absolute atomic E-state index is 0.0576. The number of rotatable bonds is 8. The first kappa shape index (κ1) is 17.5. The van der Waals surface area contributed by atoms with Crippen LogP contribution in [0.2, 0.25) is 0 Å². The highest BCUT2D eigenvalue weighted by Gasteiger charge is 2.22. The van der Waals surface area contributed by atoms with Crippen LogP contribution in [0.3, 0.4) is 0 Å². The molecule has 0 radical (unpaired) electrons. The lowest BCUT2D eigenvalue weighted by atomic mass is 10.0. The van der Waals surface area contributed by atoms with Crippen molar-refractivity contribution in [3.8, 4) is 5.75 Å². The quantitative estimate of drug-likeness (QED) is 0.805. The van der Waals surface area contributed by atoms with Gasteiger partial charge in [-0.15, -0.1) is 0 Å². The Morgan fingerprint density at radius 2 is 1.64 bits per heavy atom. The Kier molecular flexibility index (Phi) is 6.46. The van der Waals surface area contributed by atoms with Crippen LogP contribution in [0.25, 0.3) is 0 Å².